The molecule has 1 aromatic rings. The molecule has 0 radical (unpaired) electrons. The largest absolute Gasteiger partial charge is 0.372 e. The molecule has 19 heavy (non-hydrogen) atoms. The molecule has 0 aromatic heterocycles. The minimum absolute atomic E-state index is 0.475. The van der Waals surface area contributed by atoms with Gasteiger partial charge in [-0.1, -0.05) is 12.1 Å². The highest BCUT2D eigenvalue weighted by atomic mass is 16.2. The Balaban J connectivity index is 1.71. The standard InChI is InChI=1S/C14H22N4O/c15-14(19)17-8-7-16-11-12-3-5-13(6-4-12)18-9-1-2-10-18/h3-6,16H,1-2,7-11H2,(H3,15,17,19). The molecule has 2 amide bonds. The van der Waals surface area contributed by atoms with Gasteiger partial charge in [-0.3, -0.25) is 0 Å². The molecular weight excluding hydrogens is 240 g/mol. The van der Waals surface area contributed by atoms with E-state index in [1.54, 1.807) is 0 Å². The van der Waals surface area contributed by atoms with Crippen LogP contribution in [-0.2, 0) is 6.54 Å². The minimum Gasteiger partial charge on any atom is -0.372 e. The van der Waals surface area contributed by atoms with E-state index in [-0.39, 0.29) is 0 Å². The van der Waals surface area contributed by atoms with Gasteiger partial charge in [0.05, 0.1) is 0 Å². The highest BCUT2D eigenvalue weighted by Gasteiger charge is 2.11. The van der Waals surface area contributed by atoms with E-state index in [9.17, 15) is 4.79 Å². The molecule has 1 aliphatic heterocycles. The molecule has 104 valence electrons. The second kappa shape index (κ2) is 6.99. The summed E-state index contributed by atoms with van der Waals surface area (Å²) in [5.74, 6) is 0. The smallest absolute Gasteiger partial charge is 0.312 e. The van der Waals surface area contributed by atoms with Crippen molar-refractivity contribution < 1.29 is 4.79 Å². The molecule has 0 atom stereocenters. The molecule has 0 aliphatic carbocycles. The van der Waals surface area contributed by atoms with Crippen molar-refractivity contribution in [1.29, 1.82) is 0 Å². The second-order valence-corrected chi connectivity index (χ2v) is 4.83. The van der Waals surface area contributed by atoms with E-state index in [0.29, 0.717) is 6.54 Å². The lowest BCUT2D eigenvalue weighted by atomic mass is 10.2. The van der Waals surface area contributed by atoms with Crippen molar-refractivity contribution in [1.82, 2.24) is 10.6 Å². The summed E-state index contributed by atoms with van der Waals surface area (Å²) in [6.07, 6.45) is 2.60. The number of nitrogens with two attached hydrogens (primary N) is 1. The van der Waals surface area contributed by atoms with Gasteiger partial charge in [-0.05, 0) is 30.5 Å². The monoisotopic (exact) mass is 262 g/mol. The van der Waals surface area contributed by atoms with Gasteiger partial charge < -0.3 is 21.3 Å². The fourth-order valence-electron chi connectivity index (χ4n) is 2.31. The van der Waals surface area contributed by atoms with E-state index in [1.165, 1.54) is 37.2 Å². The van der Waals surface area contributed by atoms with Gasteiger partial charge in [-0.25, -0.2) is 4.79 Å². The molecule has 1 heterocycles. The van der Waals surface area contributed by atoms with Crippen LogP contribution in [0.25, 0.3) is 0 Å². The van der Waals surface area contributed by atoms with Crippen LogP contribution >= 0.6 is 0 Å². The van der Waals surface area contributed by atoms with Gasteiger partial charge in [0, 0.05) is 38.4 Å². The predicted octanol–water partition coefficient (Wildman–Crippen LogP) is 1.04. The molecule has 5 nitrogen and oxygen atoms in total. The Kier molecular flexibility index (Phi) is 5.03. The van der Waals surface area contributed by atoms with Crippen LogP contribution in [0.3, 0.4) is 0 Å². The van der Waals surface area contributed by atoms with Crippen LogP contribution in [-0.4, -0.2) is 32.2 Å². The first-order valence-electron chi connectivity index (χ1n) is 6.83. The van der Waals surface area contributed by atoms with Gasteiger partial charge in [0.25, 0.3) is 0 Å². The van der Waals surface area contributed by atoms with Gasteiger partial charge >= 0.3 is 6.03 Å². The molecule has 0 unspecified atom stereocenters. The topological polar surface area (TPSA) is 70.4 Å². The summed E-state index contributed by atoms with van der Waals surface area (Å²) in [6.45, 7) is 4.44. The zero-order valence-corrected chi connectivity index (χ0v) is 11.2. The van der Waals surface area contributed by atoms with Crippen LogP contribution in [0.15, 0.2) is 24.3 Å². The van der Waals surface area contributed by atoms with E-state index >= 15 is 0 Å². The molecular formula is C14H22N4O. The van der Waals surface area contributed by atoms with E-state index in [4.69, 9.17) is 5.73 Å². The zero-order valence-electron chi connectivity index (χ0n) is 11.2. The first-order valence-corrected chi connectivity index (χ1v) is 6.83. The van der Waals surface area contributed by atoms with Crippen molar-refractivity contribution in [3.63, 3.8) is 0 Å². The minimum atomic E-state index is -0.475. The summed E-state index contributed by atoms with van der Waals surface area (Å²) in [5.41, 5.74) is 7.55. The average Bonchev–Trinajstić information content (AvgIpc) is 2.93. The summed E-state index contributed by atoms with van der Waals surface area (Å²) in [6, 6.07) is 8.20. The molecule has 0 saturated carbocycles. The van der Waals surface area contributed by atoms with Crippen LogP contribution in [0.2, 0.25) is 0 Å². The third-order valence-corrected chi connectivity index (χ3v) is 3.34. The Labute approximate surface area is 114 Å². The number of hydrogen-bond donors (Lipinski definition) is 3. The number of primary amides is 1. The van der Waals surface area contributed by atoms with E-state index in [2.05, 4.69) is 39.8 Å². The summed E-state index contributed by atoms with van der Waals surface area (Å²) in [4.78, 5) is 12.9. The zero-order chi connectivity index (χ0) is 13.5. The number of rotatable bonds is 6. The Hall–Kier alpha value is -1.75. The Morgan fingerprint density at radius 1 is 1.16 bits per heavy atom. The number of hydrogen-bond acceptors (Lipinski definition) is 3. The lowest BCUT2D eigenvalue weighted by Crippen LogP contribution is -2.35. The van der Waals surface area contributed by atoms with Crippen molar-refractivity contribution >= 4 is 11.7 Å². The van der Waals surface area contributed by atoms with Gasteiger partial charge in [0.1, 0.15) is 0 Å². The lowest BCUT2D eigenvalue weighted by Gasteiger charge is -2.17. The van der Waals surface area contributed by atoms with E-state index < -0.39 is 6.03 Å². The normalized spacial score (nSPS) is 14.6. The molecule has 1 aromatic carbocycles. The highest BCUT2D eigenvalue weighted by molar-refractivity contribution is 5.71. The number of benzene rings is 1. The van der Waals surface area contributed by atoms with Gasteiger partial charge in [-0.2, -0.15) is 0 Å². The predicted molar refractivity (Wildman–Crippen MR) is 77.2 cm³/mol. The number of carbonyl (C=O) groups excluding carboxylic acids is 1. The van der Waals surface area contributed by atoms with Crippen LogP contribution in [0.1, 0.15) is 18.4 Å². The lowest BCUT2D eigenvalue weighted by molar-refractivity contribution is 0.249. The number of anilines is 1. The quantitative estimate of drug-likeness (QED) is 0.671. The maximum absolute atomic E-state index is 10.5. The van der Waals surface area contributed by atoms with Crippen molar-refractivity contribution in [2.24, 2.45) is 5.73 Å². The second-order valence-electron chi connectivity index (χ2n) is 4.83. The molecule has 1 saturated heterocycles. The molecule has 2 rings (SSSR count). The van der Waals surface area contributed by atoms with Crippen molar-refractivity contribution in [3.05, 3.63) is 29.8 Å². The number of carbonyl (C=O) groups is 1. The van der Waals surface area contributed by atoms with Gasteiger partial charge in [0.2, 0.25) is 0 Å². The summed E-state index contributed by atoms with van der Waals surface area (Å²) in [7, 11) is 0. The van der Waals surface area contributed by atoms with Crippen molar-refractivity contribution in [2.45, 2.75) is 19.4 Å². The summed E-state index contributed by atoms with van der Waals surface area (Å²) in [5, 5.41) is 5.81. The number of nitrogens with one attached hydrogen (secondary N) is 2. The Morgan fingerprint density at radius 2 is 1.84 bits per heavy atom. The Bertz CT molecular complexity index is 398. The van der Waals surface area contributed by atoms with Crippen molar-refractivity contribution in [2.75, 3.05) is 31.1 Å². The molecule has 1 aliphatic rings. The fourth-order valence-corrected chi connectivity index (χ4v) is 2.31. The molecule has 1 fully saturated rings. The summed E-state index contributed by atoms with van der Waals surface area (Å²) < 4.78 is 0. The molecule has 5 heteroatoms. The Morgan fingerprint density at radius 3 is 2.47 bits per heavy atom. The first-order chi connectivity index (χ1) is 9.25. The SMILES string of the molecule is NC(=O)NCCNCc1ccc(N2CCCC2)cc1. The number of amides is 2. The van der Waals surface area contributed by atoms with Crippen LogP contribution in [0.5, 0.6) is 0 Å². The van der Waals surface area contributed by atoms with Gasteiger partial charge in [0.15, 0.2) is 0 Å². The van der Waals surface area contributed by atoms with E-state index in [0.717, 1.165) is 13.1 Å². The highest BCUT2D eigenvalue weighted by Crippen LogP contribution is 2.20. The number of urea groups is 1. The maximum atomic E-state index is 10.5. The molecule has 0 bridgehead atoms. The molecule has 4 N–H and O–H groups in total. The average molecular weight is 262 g/mol. The maximum Gasteiger partial charge on any atom is 0.312 e. The van der Waals surface area contributed by atoms with Crippen LogP contribution < -0.4 is 21.3 Å². The molecule has 0 spiro atoms. The van der Waals surface area contributed by atoms with Crippen LogP contribution in [0, 0.1) is 0 Å². The van der Waals surface area contributed by atoms with E-state index in [1.807, 2.05) is 0 Å². The first kappa shape index (κ1) is 13.7. The van der Waals surface area contributed by atoms with Gasteiger partial charge in [-0.15, -0.1) is 0 Å². The van der Waals surface area contributed by atoms with Crippen molar-refractivity contribution in [3.8, 4) is 0 Å². The fraction of sp³-hybridized carbons (Fsp3) is 0.500. The summed E-state index contributed by atoms with van der Waals surface area (Å²) >= 11 is 0. The third kappa shape index (κ3) is 4.44. The number of nitrogens with zero attached hydrogens (tertiary/aromatic N) is 1. The van der Waals surface area contributed by atoms with Crippen LogP contribution in [0.4, 0.5) is 10.5 Å². The third-order valence-electron chi connectivity index (χ3n) is 3.34.